The van der Waals surface area contributed by atoms with Crippen LogP contribution in [-0.4, -0.2) is 22.8 Å². The average Bonchev–Trinajstić information content (AvgIpc) is 3.00. The van der Waals surface area contributed by atoms with Crippen LogP contribution in [0.5, 0.6) is 0 Å². The number of hydrazone groups is 1. The second kappa shape index (κ2) is 3.48. The molecular weight excluding hydrogens is 196 g/mol. The lowest BCUT2D eigenvalue weighted by Gasteiger charge is -2.20. The van der Waals surface area contributed by atoms with Gasteiger partial charge in [0.25, 0.3) is 0 Å². The molecule has 16 heavy (non-hydrogen) atoms. The Morgan fingerprint density at radius 1 is 1.31 bits per heavy atom. The smallest absolute Gasteiger partial charge is 0.0701 e. The van der Waals surface area contributed by atoms with Crippen LogP contribution in [0.15, 0.2) is 48.1 Å². The van der Waals surface area contributed by atoms with Gasteiger partial charge in [0.15, 0.2) is 0 Å². The third kappa shape index (κ3) is 1.45. The van der Waals surface area contributed by atoms with Crippen molar-refractivity contribution in [1.29, 1.82) is 0 Å². The summed E-state index contributed by atoms with van der Waals surface area (Å²) in [6, 6.07) is 10.5. The van der Waals surface area contributed by atoms with E-state index < -0.39 is 0 Å². The van der Waals surface area contributed by atoms with E-state index in [1.165, 1.54) is 24.1 Å². The Morgan fingerprint density at radius 2 is 2.06 bits per heavy atom. The van der Waals surface area contributed by atoms with Gasteiger partial charge in [0, 0.05) is 6.42 Å². The molecule has 0 N–H and O–H groups in total. The molecule has 0 aromatic heterocycles. The molecule has 0 bridgehead atoms. The molecule has 1 aliphatic carbocycles. The van der Waals surface area contributed by atoms with Gasteiger partial charge in [-0.2, -0.15) is 5.10 Å². The summed E-state index contributed by atoms with van der Waals surface area (Å²) in [7, 11) is 0. The Balaban J connectivity index is 1.88. The van der Waals surface area contributed by atoms with Gasteiger partial charge < -0.3 is 0 Å². The lowest BCUT2D eigenvalue weighted by Crippen LogP contribution is -2.28. The van der Waals surface area contributed by atoms with Crippen molar-refractivity contribution >= 4 is 5.71 Å². The first-order valence-electron chi connectivity index (χ1n) is 5.85. The standard InChI is InChI=1S/C14H16N2/c1-2-10-16-14(8-9-14)11-13(15-16)12-6-4-3-5-7-12/h2-7H,1,8-11H2. The zero-order valence-corrected chi connectivity index (χ0v) is 9.39. The van der Waals surface area contributed by atoms with E-state index in [2.05, 4.69) is 35.9 Å². The Kier molecular flexibility index (Phi) is 2.10. The summed E-state index contributed by atoms with van der Waals surface area (Å²) in [6.45, 7) is 4.68. The number of nitrogens with zero attached hydrogens (tertiary/aromatic N) is 2. The molecule has 1 aliphatic heterocycles. The molecule has 1 heterocycles. The predicted octanol–water partition coefficient (Wildman–Crippen LogP) is 2.82. The first kappa shape index (κ1) is 9.64. The first-order valence-corrected chi connectivity index (χ1v) is 5.85. The van der Waals surface area contributed by atoms with E-state index in [0.29, 0.717) is 5.54 Å². The fraction of sp³-hybridized carbons (Fsp3) is 0.357. The van der Waals surface area contributed by atoms with Gasteiger partial charge in [0.05, 0.1) is 17.8 Å². The third-order valence-electron chi connectivity index (χ3n) is 3.52. The van der Waals surface area contributed by atoms with Crippen molar-refractivity contribution in [2.24, 2.45) is 5.10 Å². The van der Waals surface area contributed by atoms with Crippen molar-refractivity contribution in [3.8, 4) is 0 Å². The summed E-state index contributed by atoms with van der Waals surface area (Å²) in [5.41, 5.74) is 2.85. The molecule has 0 atom stereocenters. The molecule has 2 aliphatic rings. The lowest BCUT2D eigenvalue weighted by molar-refractivity contribution is 0.236. The van der Waals surface area contributed by atoms with Gasteiger partial charge in [-0.05, 0) is 18.4 Å². The minimum Gasteiger partial charge on any atom is -0.286 e. The van der Waals surface area contributed by atoms with Crippen LogP contribution < -0.4 is 0 Å². The molecule has 0 radical (unpaired) electrons. The van der Waals surface area contributed by atoms with Crippen LogP contribution in [-0.2, 0) is 0 Å². The van der Waals surface area contributed by atoms with Crippen LogP contribution >= 0.6 is 0 Å². The highest BCUT2D eigenvalue weighted by molar-refractivity contribution is 6.02. The van der Waals surface area contributed by atoms with Crippen molar-refractivity contribution in [3.63, 3.8) is 0 Å². The highest BCUT2D eigenvalue weighted by Crippen LogP contribution is 2.49. The predicted molar refractivity (Wildman–Crippen MR) is 66.5 cm³/mol. The zero-order chi connectivity index (χ0) is 11.0. The van der Waals surface area contributed by atoms with Crippen molar-refractivity contribution in [1.82, 2.24) is 5.01 Å². The van der Waals surface area contributed by atoms with Crippen molar-refractivity contribution < 1.29 is 0 Å². The van der Waals surface area contributed by atoms with Crippen LogP contribution in [0.3, 0.4) is 0 Å². The van der Waals surface area contributed by atoms with Gasteiger partial charge in [-0.15, -0.1) is 6.58 Å². The molecule has 1 aromatic carbocycles. The monoisotopic (exact) mass is 212 g/mol. The van der Waals surface area contributed by atoms with E-state index in [1.54, 1.807) is 0 Å². The minimum absolute atomic E-state index is 0.347. The number of hydrogen-bond donors (Lipinski definition) is 0. The summed E-state index contributed by atoms with van der Waals surface area (Å²) in [5.74, 6) is 0. The van der Waals surface area contributed by atoms with Crippen molar-refractivity contribution in [2.45, 2.75) is 24.8 Å². The maximum absolute atomic E-state index is 4.74. The molecule has 2 heteroatoms. The molecule has 1 fully saturated rings. The average molecular weight is 212 g/mol. The number of rotatable bonds is 3. The normalized spacial score (nSPS) is 21.0. The van der Waals surface area contributed by atoms with Crippen molar-refractivity contribution in [2.75, 3.05) is 6.54 Å². The molecule has 1 aromatic rings. The first-order chi connectivity index (χ1) is 7.84. The molecule has 0 amide bonds. The van der Waals surface area contributed by atoms with Gasteiger partial charge >= 0.3 is 0 Å². The Morgan fingerprint density at radius 3 is 2.69 bits per heavy atom. The molecule has 1 saturated carbocycles. The van der Waals surface area contributed by atoms with Crippen LogP contribution in [0.25, 0.3) is 0 Å². The van der Waals surface area contributed by atoms with Gasteiger partial charge in [-0.25, -0.2) is 0 Å². The quantitative estimate of drug-likeness (QED) is 0.703. The van der Waals surface area contributed by atoms with E-state index >= 15 is 0 Å². The maximum Gasteiger partial charge on any atom is 0.0701 e. The van der Waals surface area contributed by atoms with Crippen LogP contribution in [0.4, 0.5) is 0 Å². The lowest BCUT2D eigenvalue weighted by atomic mass is 10.0. The van der Waals surface area contributed by atoms with E-state index in [0.717, 1.165) is 13.0 Å². The molecule has 0 unspecified atom stereocenters. The van der Waals surface area contributed by atoms with E-state index in [1.807, 2.05) is 12.1 Å². The summed E-state index contributed by atoms with van der Waals surface area (Å²) < 4.78 is 0. The Hall–Kier alpha value is -1.57. The third-order valence-corrected chi connectivity index (χ3v) is 3.52. The SMILES string of the molecule is C=CCN1N=C(c2ccccc2)CC12CC2. The van der Waals surface area contributed by atoms with E-state index in [-0.39, 0.29) is 0 Å². The fourth-order valence-electron chi connectivity index (χ4n) is 2.42. The molecule has 3 rings (SSSR count). The van der Waals surface area contributed by atoms with Crippen LogP contribution in [0.2, 0.25) is 0 Å². The Bertz CT molecular complexity index is 429. The van der Waals surface area contributed by atoms with Crippen LogP contribution in [0, 0.1) is 0 Å². The molecule has 82 valence electrons. The van der Waals surface area contributed by atoms with E-state index in [4.69, 9.17) is 5.10 Å². The highest BCUT2D eigenvalue weighted by Gasteiger charge is 2.51. The second-order valence-electron chi connectivity index (χ2n) is 4.68. The summed E-state index contributed by atoms with van der Waals surface area (Å²) in [5, 5.41) is 6.97. The van der Waals surface area contributed by atoms with Gasteiger partial charge in [0.1, 0.15) is 0 Å². The van der Waals surface area contributed by atoms with Crippen molar-refractivity contribution in [3.05, 3.63) is 48.6 Å². The topological polar surface area (TPSA) is 15.6 Å². The summed E-state index contributed by atoms with van der Waals surface area (Å²) in [6.07, 6.45) is 5.60. The number of benzene rings is 1. The molecule has 2 nitrogen and oxygen atoms in total. The van der Waals surface area contributed by atoms with Gasteiger partial charge in [0.2, 0.25) is 0 Å². The highest BCUT2D eigenvalue weighted by atomic mass is 15.5. The number of hydrogen-bond acceptors (Lipinski definition) is 2. The second-order valence-corrected chi connectivity index (χ2v) is 4.68. The molecule has 0 saturated heterocycles. The minimum atomic E-state index is 0.347. The fourth-order valence-corrected chi connectivity index (χ4v) is 2.42. The van der Waals surface area contributed by atoms with Crippen LogP contribution in [0.1, 0.15) is 24.8 Å². The Labute approximate surface area is 96.3 Å². The van der Waals surface area contributed by atoms with E-state index in [9.17, 15) is 0 Å². The zero-order valence-electron chi connectivity index (χ0n) is 9.39. The molecular formula is C14H16N2. The van der Waals surface area contributed by atoms with Gasteiger partial charge in [-0.1, -0.05) is 36.4 Å². The maximum atomic E-state index is 4.74. The largest absolute Gasteiger partial charge is 0.286 e. The van der Waals surface area contributed by atoms with Gasteiger partial charge in [-0.3, -0.25) is 5.01 Å². The summed E-state index contributed by atoms with van der Waals surface area (Å²) >= 11 is 0. The molecule has 1 spiro atoms. The summed E-state index contributed by atoms with van der Waals surface area (Å²) in [4.78, 5) is 0.